The van der Waals surface area contributed by atoms with E-state index >= 15 is 0 Å². The number of nitrogens with zero attached hydrogens (tertiary/aromatic N) is 1. The summed E-state index contributed by atoms with van der Waals surface area (Å²) in [5, 5.41) is 5.76. The number of rotatable bonds is 3. The van der Waals surface area contributed by atoms with Crippen molar-refractivity contribution in [3.05, 3.63) is 48.0 Å². The lowest BCUT2D eigenvalue weighted by Gasteiger charge is -2.44. The monoisotopic (exact) mass is 308 g/mol. The van der Waals surface area contributed by atoms with Crippen LogP contribution in [0.15, 0.2) is 42.5 Å². The minimum Gasteiger partial charge on any atom is -0.333 e. The first-order chi connectivity index (χ1) is 11.3. The van der Waals surface area contributed by atoms with Crippen LogP contribution in [0.4, 0.5) is 0 Å². The minimum atomic E-state index is 0.229. The minimum absolute atomic E-state index is 0.229. The molecule has 1 amide bonds. The maximum atomic E-state index is 13.2. The molecule has 1 aliphatic heterocycles. The van der Waals surface area contributed by atoms with Gasteiger partial charge in [-0.15, -0.1) is 0 Å². The number of benzene rings is 2. The lowest BCUT2D eigenvalue weighted by Crippen LogP contribution is -2.53. The van der Waals surface area contributed by atoms with Crippen molar-refractivity contribution in [2.24, 2.45) is 0 Å². The van der Waals surface area contributed by atoms with Crippen LogP contribution in [-0.2, 0) is 0 Å². The van der Waals surface area contributed by atoms with Gasteiger partial charge in [-0.2, -0.15) is 0 Å². The molecular formula is C20H24N2O. The van der Waals surface area contributed by atoms with Crippen LogP contribution in [0.5, 0.6) is 0 Å². The molecule has 2 aliphatic rings. The average Bonchev–Trinajstić information content (AvgIpc) is 2.57. The number of hydrogen-bond acceptors (Lipinski definition) is 2. The second-order valence-corrected chi connectivity index (χ2v) is 6.84. The van der Waals surface area contributed by atoms with E-state index in [4.69, 9.17) is 0 Å². The molecule has 1 saturated heterocycles. The first-order valence-electron chi connectivity index (χ1n) is 8.85. The number of fused-ring (bicyclic) bond motifs is 1. The summed E-state index contributed by atoms with van der Waals surface area (Å²) in [5.74, 6) is 0.229. The summed E-state index contributed by atoms with van der Waals surface area (Å²) in [6.45, 7) is 2.05. The third-order valence-electron chi connectivity index (χ3n) is 5.40. The lowest BCUT2D eigenvalue weighted by atomic mass is 9.88. The van der Waals surface area contributed by atoms with Crippen molar-refractivity contribution in [2.75, 3.05) is 13.1 Å². The Kier molecular flexibility index (Phi) is 4.04. The third kappa shape index (κ3) is 2.86. The van der Waals surface area contributed by atoms with Crippen molar-refractivity contribution in [2.45, 2.75) is 44.2 Å². The summed E-state index contributed by atoms with van der Waals surface area (Å²) >= 11 is 0. The molecule has 0 radical (unpaired) electrons. The van der Waals surface area contributed by atoms with Crippen LogP contribution in [0.1, 0.15) is 42.5 Å². The van der Waals surface area contributed by atoms with Gasteiger partial charge in [-0.25, -0.2) is 0 Å². The molecule has 0 aromatic heterocycles. The maximum Gasteiger partial charge on any atom is 0.254 e. The highest BCUT2D eigenvalue weighted by molar-refractivity contribution is 5.99. The van der Waals surface area contributed by atoms with E-state index in [0.29, 0.717) is 12.1 Å². The van der Waals surface area contributed by atoms with Crippen LogP contribution in [-0.4, -0.2) is 36.0 Å². The molecule has 3 heteroatoms. The predicted molar refractivity (Wildman–Crippen MR) is 93.6 cm³/mol. The molecule has 4 rings (SSSR count). The van der Waals surface area contributed by atoms with E-state index < -0.39 is 0 Å². The Bertz CT molecular complexity index is 702. The fourth-order valence-corrected chi connectivity index (χ4v) is 3.85. The Morgan fingerprint density at radius 2 is 1.61 bits per heavy atom. The van der Waals surface area contributed by atoms with Crippen LogP contribution >= 0.6 is 0 Å². The maximum absolute atomic E-state index is 13.2. The van der Waals surface area contributed by atoms with Crippen molar-refractivity contribution >= 4 is 16.7 Å². The molecule has 1 heterocycles. The van der Waals surface area contributed by atoms with Crippen molar-refractivity contribution in [1.82, 2.24) is 10.2 Å². The van der Waals surface area contributed by atoms with Gasteiger partial charge in [-0.1, -0.05) is 30.3 Å². The van der Waals surface area contributed by atoms with Gasteiger partial charge in [0.15, 0.2) is 0 Å². The predicted octanol–water partition coefficient (Wildman–Crippen LogP) is 3.59. The fourth-order valence-electron chi connectivity index (χ4n) is 3.85. The summed E-state index contributed by atoms with van der Waals surface area (Å²) in [4.78, 5) is 15.4. The van der Waals surface area contributed by atoms with E-state index in [9.17, 15) is 4.79 Å². The standard InChI is InChI=1S/C20H24N2O/c23-20(17-9-8-15-4-1-2-5-16(15)14-17)22(18-6-3-7-18)19-10-12-21-13-11-19/h1-2,4-5,8-9,14,18-19,21H,3,6-7,10-13H2. The molecule has 120 valence electrons. The van der Waals surface area contributed by atoms with E-state index in [2.05, 4.69) is 34.5 Å². The first-order valence-corrected chi connectivity index (χ1v) is 8.85. The fraction of sp³-hybridized carbons (Fsp3) is 0.450. The summed E-state index contributed by atoms with van der Waals surface area (Å²) in [6, 6.07) is 15.3. The lowest BCUT2D eigenvalue weighted by molar-refractivity contribution is 0.0384. The smallest absolute Gasteiger partial charge is 0.254 e. The van der Waals surface area contributed by atoms with Crippen molar-refractivity contribution in [1.29, 1.82) is 0 Å². The Labute approximate surface area is 137 Å². The van der Waals surface area contributed by atoms with Gasteiger partial charge in [0.05, 0.1) is 0 Å². The number of carbonyl (C=O) groups is 1. The quantitative estimate of drug-likeness (QED) is 0.940. The van der Waals surface area contributed by atoms with Gasteiger partial charge >= 0.3 is 0 Å². The number of carbonyl (C=O) groups excluding carboxylic acids is 1. The van der Waals surface area contributed by atoms with Crippen molar-refractivity contribution in [3.63, 3.8) is 0 Å². The van der Waals surface area contributed by atoms with Crippen LogP contribution in [0.3, 0.4) is 0 Å². The van der Waals surface area contributed by atoms with Crippen LogP contribution in [0, 0.1) is 0 Å². The molecule has 1 N–H and O–H groups in total. The highest BCUT2D eigenvalue weighted by Gasteiger charge is 2.35. The Hall–Kier alpha value is -1.87. The average molecular weight is 308 g/mol. The van der Waals surface area contributed by atoms with Gasteiger partial charge in [0.25, 0.3) is 5.91 Å². The van der Waals surface area contributed by atoms with E-state index in [1.165, 1.54) is 24.6 Å². The number of hydrogen-bond donors (Lipinski definition) is 1. The second kappa shape index (κ2) is 6.32. The Morgan fingerprint density at radius 3 is 2.30 bits per heavy atom. The zero-order chi connectivity index (χ0) is 15.6. The number of piperidine rings is 1. The van der Waals surface area contributed by atoms with E-state index in [-0.39, 0.29) is 5.91 Å². The number of nitrogens with one attached hydrogen (secondary N) is 1. The van der Waals surface area contributed by atoms with Crippen molar-refractivity contribution < 1.29 is 4.79 Å². The SMILES string of the molecule is O=C(c1ccc2ccccc2c1)N(C1CCC1)C1CCNCC1. The largest absolute Gasteiger partial charge is 0.333 e. The molecule has 2 fully saturated rings. The summed E-state index contributed by atoms with van der Waals surface area (Å²) in [5.41, 5.74) is 0.842. The molecule has 1 saturated carbocycles. The van der Waals surface area contributed by atoms with Crippen LogP contribution in [0.25, 0.3) is 10.8 Å². The Balaban J connectivity index is 1.64. The molecule has 1 aliphatic carbocycles. The topological polar surface area (TPSA) is 32.3 Å². The van der Waals surface area contributed by atoms with E-state index in [0.717, 1.165) is 36.9 Å². The van der Waals surface area contributed by atoms with E-state index in [1.807, 2.05) is 18.2 Å². The molecule has 2 aromatic carbocycles. The number of amides is 1. The summed E-state index contributed by atoms with van der Waals surface area (Å²) < 4.78 is 0. The molecule has 0 atom stereocenters. The molecule has 23 heavy (non-hydrogen) atoms. The van der Waals surface area contributed by atoms with Gasteiger partial charge in [-0.3, -0.25) is 4.79 Å². The van der Waals surface area contributed by atoms with Crippen LogP contribution in [0.2, 0.25) is 0 Å². The normalized spacial score (nSPS) is 19.5. The highest BCUT2D eigenvalue weighted by Crippen LogP contribution is 2.31. The van der Waals surface area contributed by atoms with Gasteiger partial charge in [0.1, 0.15) is 0 Å². The molecular weight excluding hydrogens is 284 g/mol. The zero-order valence-corrected chi connectivity index (χ0v) is 13.5. The zero-order valence-electron chi connectivity index (χ0n) is 13.5. The molecule has 0 spiro atoms. The Morgan fingerprint density at radius 1 is 0.913 bits per heavy atom. The molecule has 3 nitrogen and oxygen atoms in total. The highest BCUT2D eigenvalue weighted by atomic mass is 16.2. The molecule has 0 bridgehead atoms. The third-order valence-corrected chi connectivity index (χ3v) is 5.40. The van der Waals surface area contributed by atoms with Gasteiger partial charge in [0, 0.05) is 17.6 Å². The second-order valence-electron chi connectivity index (χ2n) is 6.84. The summed E-state index contributed by atoms with van der Waals surface area (Å²) in [6.07, 6.45) is 5.76. The van der Waals surface area contributed by atoms with Gasteiger partial charge < -0.3 is 10.2 Å². The molecule has 0 unspecified atom stereocenters. The van der Waals surface area contributed by atoms with Crippen LogP contribution < -0.4 is 5.32 Å². The van der Waals surface area contributed by atoms with Gasteiger partial charge in [-0.05, 0) is 68.1 Å². The first kappa shape index (κ1) is 14.7. The van der Waals surface area contributed by atoms with Crippen molar-refractivity contribution in [3.8, 4) is 0 Å². The molecule has 2 aromatic rings. The van der Waals surface area contributed by atoms with Gasteiger partial charge in [0.2, 0.25) is 0 Å². The summed E-state index contributed by atoms with van der Waals surface area (Å²) in [7, 11) is 0. The van der Waals surface area contributed by atoms with E-state index in [1.54, 1.807) is 0 Å².